The topological polar surface area (TPSA) is 323 Å². The number of imide groups is 1. The standard InChI is InChI=1S/C58H79N7O15S3/c1-57(2)44-40-42(82(75,76)77)26-28-47(44)63-36-17-7-12-25-53(68)62-46(56(71)61-34-15-6-11-24-52(67)60-35-38-65-54(69)30-31-55(65)70)20-13-16-33-59-51(66)23-10-5-14-32-58(3)45-41-43(83(78,79)80)27-29-48(45)64(37-18-19-39-81(72,73)74)50(58)22-9-4-8-21-49(57)63/h4,8-9,21-22,26-31,40-41,46H,5-7,10-20,23-25,32-39H2,1-3H3,(H6-,59,60,61,62,66,67,68,71,72,73,74,75,76,77,78,79,80)/p+1. The summed E-state index contributed by atoms with van der Waals surface area (Å²) in [6, 6.07) is 8.05. The fourth-order valence-corrected chi connectivity index (χ4v) is 12.7. The number of hydrogen-bond donors (Lipinski definition) is 7. The molecule has 454 valence electrons. The smallest absolute Gasteiger partial charge is 0.294 e. The first-order valence-corrected chi connectivity index (χ1v) is 33.0. The largest absolute Gasteiger partial charge is 0.356 e. The SMILES string of the molecule is CC1(C)C2=[N+](CCCCCC(=O)NC(C(=O)NCCCCCC(=O)NCCN3C(=O)C=CC3=O)CCCCNC(=O)CCCCCC3(C)/C(=C/C=C/C=C2)N(CCCCS(=O)(=O)O)c2ccc(S(=O)(=O)O)cc23)c2ccc(S(=O)(=O)O)cc21. The summed E-state index contributed by atoms with van der Waals surface area (Å²) in [7, 11) is -13.4. The van der Waals surface area contributed by atoms with E-state index < -0.39 is 64.8 Å². The van der Waals surface area contributed by atoms with Gasteiger partial charge in [-0.3, -0.25) is 47.3 Å². The predicted octanol–water partition coefficient (Wildman–Crippen LogP) is 6.01. The van der Waals surface area contributed by atoms with E-state index in [-0.39, 0.29) is 72.2 Å². The van der Waals surface area contributed by atoms with E-state index in [0.29, 0.717) is 133 Å². The Labute approximate surface area is 487 Å². The van der Waals surface area contributed by atoms with Gasteiger partial charge in [-0.1, -0.05) is 37.5 Å². The lowest BCUT2D eigenvalue weighted by Crippen LogP contribution is -2.47. The van der Waals surface area contributed by atoms with Crippen molar-refractivity contribution in [3.05, 3.63) is 95.8 Å². The molecule has 4 aliphatic heterocycles. The molecular formula is C58H80N7O15S3+. The first-order chi connectivity index (χ1) is 39.2. The van der Waals surface area contributed by atoms with E-state index >= 15 is 0 Å². The molecule has 0 aliphatic carbocycles. The zero-order valence-electron chi connectivity index (χ0n) is 47.6. The normalized spacial score (nSPS) is 21.8. The van der Waals surface area contributed by atoms with Crippen molar-refractivity contribution in [2.75, 3.05) is 49.9 Å². The summed E-state index contributed by atoms with van der Waals surface area (Å²) in [6.45, 7) is 7.56. The number of anilines is 1. The summed E-state index contributed by atoms with van der Waals surface area (Å²) in [6.07, 6.45) is 20.0. The van der Waals surface area contributed by atoms with Gasteiger partial charge in [0.05, 0.1) is 21.0 Å². The minimum Gasteiger partial charge on any atom is -0.356 e. The molecule has 0 saturated heterocycles. The molecule has 0 radical (unpaired) electrons. The van der Waals surface area contributed by atoms with Crippen LogP contribution in [0.3, 0.4) is 0 Å². The van der Waals surface area contributed by atoms with Gasteiger partial charge in [0.25, 0.3) is 42.2 Å². The Hall–Kier alpha value is -6.38. The van der Waals surface area contributed by atoms with Crippen LogP contribution in [0, 0.1) is 0 Å². The Morgan fingerprint density at radius 2 is 1.35 bits per heavy atom. The maximum absolute atomic E-state index is 13.6. The van der Waals surface area contributed by atoms with Crippen molar-refractivity contribution in [2.24, 2.45) is 0 Å². The van der Waals surface area contributed by atoms with Crippen molar-refractivity contribution in [3.8, 4) is 0 Å². The van der Waals surface area contributed by atoms with Crippen LogP contribution in [-0.2, 0) is 70.0 Å². The lowest BCUT2D eigenvalue weighted by molar-refractivity contribution is -0.438. The Kier molecular flexibility index (Phi) is 23.3. The van der Waals surface area contributed by atoms with Gasteiger partial charge in [-0.05, 0) is 133 Å². The number of rotatable bonds is 17. The molecule has 2 unspecified atom stereocenters. The Balaban J connectivity index is 1.18. The summed E-state index contributed by atoms with van der Waals surface area (Å²) >= 11 is 0. The van der Waals surface area contributed by atoms with Crippen LogP contribution in [0.4, 0.5) is 11.4 Å². The number of unbranched alkanes of at least 4 members (excludes halogenated alkanes) is 3. The first-order valence-electron chi connectivity index (χ1n) is 28.5. The average Bonchev–Trinajstić information content (AvgIpc) is 2.27. The quantitative estimate of drug-likeness (QED) is 0.0413. The van der Waals surface area contributed by atoms with Gasteiger partial charge in [0, 0.05) is 105 Å². The van der Waals surface area contributed by atoms with Gasteiger partial charge in [-0.2, -0.15) is 29.8 Å². The molecule has 0 aromatic heterocycles. The maximum Gasteiger partial charge on any atom is 0.294 e. The van der Waals surface area contributed by atoms with Gasteiger partial charge in [0.15, 0.2) is 5.71 Å². The molecule has 7 N–H and O–H groups in total. The van der Waals surface area contributed by atoms with E-state index in [1.807, 2.05) is 56.1 Å². The summed E-state index contributed by atoms with van der Waals surface area (Å²) in [5.41, 5.74) is 2.75. The number of fused-ring (bicyclic) bond motifs is 5. The van der Waals surface area contributed by atoms with Crippen LogP contribution in [0.5, 0.6) is 0 Å². The van der Waals surface area contributed by atoms with Crippen LogP contribution in [0.25, 0.3) is 0 Å². The molecule has 0 bridgehead atoms. The maximum atomic E-state index is 13.6. The molecule has 0 fully saturated rings. The number of allylic oxidation sites excluding steroid dienone is 6. The highest BCUT2D eigenvalue weighted by Crippen LogP contribution is 2.51. The van der Waals surface area contributed by atoms with Crippen LogP contribution in [0.2, 0.25) is 0 Å². The van der Waals surface area contributed by atoms with E-state index in [2.05, 4.69) is 25.8 Å². The van der Waals surface area contributed by atoms with Gasteiger partial charge >= 0.3 is 0 Å². The third kappa shape index (κ3) is 18.6. The molecule has 0 spiro atoms. The van der Waals surface area contributed by atoms with Crippen molar-refractivity contribution in [2.45, 2.75) is 163 Å². The van der Waals surface area contributed by atoms with Gasteiger partial charge in [-0.15, -0.1) is 0 Å². The highest BCUT2D eigenvalue weighted by molar-refractivity contribution is 7.86. The number of amides is 6. The number of carbonyl (C=O) groups excluding carboxylic acids is 6. The third-order valence-electron chi connectivity index (χ3n) is 15.6. The molecule has 0 saturated carbocycles. The molecule has 83 heavy (non-hydrogen) atoms. The monoisotopic (exact) mass is 1210 g/mol. The van der Waals surface area contributed by atoms with Crippen LogP contribution in [-0.4, -0.2) is 141 Å². The molecule has 25 heteroatoms. The molecular weight excluding hydrogens is 1130 g/mol. The van der Waals surface area contributed by atoms with Gasteiger partial charge in [-0.25, -0.2) is 0 Å². The number of benzene rings is 2. The highest BCUT2D eigenvalue weighted by atomic mass is 32.2. The van der Waals surface area contributed by atoms with Crippen molar-refractivity contribution in [3.63, 3.8) is 0 Å². The molecule has 6 amide bonds. The fourth-order valence-electron chi connectivity index (χ4n) is 11.1. The summed E-state index contributed by atoms with van der Waals surface area (Å²) < 4.78 is 105. The second-order valence-corrected chi connectivity index (χ2v) is 26.6. The van der Waals surface area contributed by atoms with Crippen LogP contribution in [0.15, 0.2) is 94.4 Å². The summed E-state index contributed by atoms with van der Waals surface area (Å²) in [4.78, 5) is 78.4. The van der Waals surface area contributed by atoms with E-state index in [0.717, 1.165) is 22.0 Å². The van der Waals surface area contributed by atoms with Crippen molar-refractivity contribution >= 4 is 82.9 Å². The van der Waals surface area contributed by atoms with Crippen LogP contribution in [0.1, 0.15) is 147 Å². The predicted molar refractivity (Wildman–Crippen MR) is 313 cm³/mol. The van der Waals surface area contributed by atoms with Crippen molar-refractivity contribution in [1.82, 2.24) is 26.2 Å². The van der Waals surface area contributed by atoms with Gasteiger partial charge < -0.3 is 26.2 Å². The average molecular weight is 1210 g/mol. The lowest BCUT2D eigenvalue weighted by Gasteiger charge is -2.30. The van der Waals surface area contributed by atoms with E-state index in [1.54, 1.807) is 12.1 Å². The fraction of sp³-hybridized carbons (Fsp3) is 0.534. The Morgan fingerprint density at radius 1 is 0.675 bits per heavy atom. The van der Waals surface area contributed by atoms with E-state index in [9.17, 15) is 67.7 Å². The molecule has 4 heterocycles. The zero-order chi connectivity index (χ0) is 60.6. The van der Waals surface area contributed by atoms with E-state index in [4.69, 9.17) is 0 Å². The molecule has 2 aromatic carbocycles. The second-order valence-electron chi connectivity index (χ2n) is 22.2. The zero-order valence-corrected chi connectivity index (χ0v) is 50.0. The molecule has 2 atom stereocenters. The molecule has 4 aliphatic rings. The van der Waals surface area contributed by atoms with Crippen LogP contribution >= 0.6 is 0 Å². The first kappa shape index (κ1) is 65.8. The van der Waals surface area contributed by atoms with Gasteiger partial charge in [0.1, 0.15) is 12.6 Å². The molecule has 6 rings (SSSR count). The number of hydrogen-bond acceptors (Lipinski definition) is 13. The Morgan fingerprint density at radius 3 is 2.05 bits per heavy atom. The van der Waals surface area contributed by atoms with Crippen LogP contribution < -0.4 is 26.2 Å². The lowest BCUT2D eigenvalue weighted by atomic mass is 9.77. The van der Waals surface area contributed by atoms with Crippen molar-refractivity contribution < 1.29 is 72.3 Å². The van der Waals surface area contributed by atoms with E-state index in [1.165, 1.54) is 36.4 Å². The molecule has 2 aromatic rings. The second kappa shape index (κ2) is 29.4. The third-order valence-corrected chi connectivity index (χ3v) is 18.1. The number of nitrogens with one attached hydrogen (secondary N) is 4. The van der Waals surface area contributed by atoms with Gasteiger partial charge in [0.2, 0.25) is 29.3 Å². The number of carbonyl (C=O) groups is 6. The number of nitrogens with zero attached hydrogens (tertiary/aromatic N) is 3. The minimum atomic E-state index is -4.61. The molecule has 22 nitrogen and oxygen atoms in total. The Bertz CT molecular complexity index is 3240. The summed E-state index contributed by atoms with van der Waals surface area (Å²) in [5, 5.41) is 11.5. The van der Waals surface area contributed by atoms with Crippen molar-refractivity contribution in [1.29, 1.82) is 0 Å². The summed E-state index contributed by atoms with van der Waals surface area (Å²) in [5.74, 6) is -2.29. The minimum absolute atomic E-state index is 0.0779. The highest BCUT2D eigenvalue weighted by Gasteiger charge is 2.46.